The van der Waals surface area contributed by atoms with E-state index in [1.807, 2.05) is 0 Å². The Hall–Kier alpha value is -2.95. The van der Waals surface area contributed by atoms with E-state index >= 15 is 0 Å². The van der Waals surface area contributed by atoms with Gasteiger partial charge in [-0.1, -0.05) is 12.1 Å². The molecule has 0 heterocycles. The summed E-state index contributed by atoms with van der Waals surface area (Å²) in [4.78, 5) is 66.7. The molecule has 0 aliphatic heterocycles. The van der Waals surface area contributed by atoms with Crippen LogP contribution in [-0.2, 0) is 30.3 Å². The van der Waals surface area contributed by atoms with Gasteiger partial charge >= 0.3 is 0 Å². The van der Waals surface area contributed by atoms with Crippen LogP contribution in [-0.4, -0.2) is 83.1 Å². The van der Waals surface area contributed by atoms with E-state index in [9.17, 15) is 34.2 Å². The molecule has 0 bridgehead atoms. The molecule has 10 heteroatoms. The van der Waals surface area contributed by atoms with Crippen molar-refractivity contribution < 1.29 is 38.9 Å². The number of rotatable bonds is 3. The Labute approximate surface area is 183 Å². The van der Waals surface area contributed by atoms with Gasteiger partial charge in [-0.05, 0) is 32.1 Å². The van der Waals surface area contributed by atoms with Crippen LogP contribution in [0.3, 0.4) is 0 Å². The van der Waals surface area contributed by atoms with Crippen molar-refractivity contribution in [2.75, 3.05) is 21.2 Å². The SMILES string of the molecule is CO[C@@H]1[C@H]2[C@H](N(C)C)C(=O)C(C(N)=O)C(=O)[C@@]2(O)C(=O)C2C(=O)c3c(O)cccc3C[C@H]21. The van der Waals surface area contributed by atoms with Crippen molar-refractivity contribution in [1.29, 1.82) is 0 Å². The minimum Gasteiger partial charge on any atom is -0.507 e. The highest BCUT2D eigenvalue weighted by atomic mass is 16.5. The van der Waals surface area contributed by atoms with Gasteiger partial charge in [-0.15, -0.1) is 0 Å². The van der Waals surface area contributed by atoms with Crippen molar-refractivity contribution in [2.24, 2.45) is 29.4 Å². The van der Waals surface area contributed by atoms with E-state index in [-0.39, 0.29) is 17.7 Å². The molecule has 4 rings (SSSR count). The number of carbonyl (C=O) groups is 5. The molecular formula is C22H24N2O8. The van der Waals surface area contributed by atoms with Crippen molar-refractivity contribution in [1.82, 2.24) is 4.90 Å². The fraction of sp³-hybridized carbons (Fsp3) is 0.500. The number of likely N-dealkylation sites (N-methyl/N-ethyl adjacent to an activating group) is 1. The van der Waals surface area contributed by atoms with Gasteiger partial charge in [0.25, 0.3) is 0 Å². The van der Waals surface area contributed by atoms with Crippen LogP contribution in [0.25, 0.3) is 0 Å². The first-order valence-corrected chi connectivity index (χ1v) is 10.2. The van der Waals surface area contributed by atoms with E-state index in [4.69, 9.17) is 10.5 Å². The number of ketones is 4. The van der Waals surface area contributed by atoms with Crippen LogP contribution < -0.4 is 5.73 Å². The molecule has 1 aromatic rings. The summed E-state index contributed by atoms with van der Waals surface area (Å²) in [7, 11) is 4.33. The number of nitrogens with two attached hydrogens (primary N) is 1. The molecule has 4 N–H and O–H groups in total. The van der Waals surface area contributed by atoms with E-state index in [1.165, 1.54) is 32.2 Å². The fourth-order valence-electron chi connectivity index (χ4n) is 5.84. The molecule has 3 aliphatic carbocycles. The first-order chi connectivity index (χ1) is 15.0. The summed E-state index contributed by atoms with van der Waals surface area (Å²) >= 11 is 0. The van der Waals surface area contributed by atoms with Gasteiger partial charge in [-0.2, -0.15) is 0 Å². The third-order valence-corrected chi connectivity index (χ3v) is 7.12. The van der Waals surface area contributed by atoms with E-state index in [1.54, 1.807) is 12.1 Å². The van der Waals surface area contributed by atoms with Gasteiger partial charge in [0.15, 0.2) is 34.7 Å². The average molecular weight is 444 g/mol. The van der Waals surface area contributed by atoms with Crippen LogP contribution in [0, 0.1) is 23.7 Å². The molecule has 0 spiro atoms. The average Bonchev–Trinajstić information content (AvgIpc) is 2.70. The minimum absolute atomic E-state index is 0.0473. The molecule has 1 amide bonds. The summed E-state index contributed by atoms with van der Waals surface area (Å²) in [5.74, 6) is -11.2. The van der Waals surface area contributed by atoms with Gasteiger partial charge in [0.1, 0.15) is 5.75 Å². The lowest BCUT2D eigenvalue weighted by molar-refractivity contribution is -0.198. The lowest BCUT2D eigenvalue weighted by Gasteiger charge is -2.55. The van der Waals surface area contributed by atoms with E-state index in [0.29, 0.717) is 5.56 Å². The predicted molar refractivity (Wildman–Crippen MR) is 108 cm³/mol. The summed E-state index contributed by atoms with van der Waals surface area (Å²) in [6.07, 6.45) is -0.894. The number of nitrogens with zero attached hydrogens (tertiary/aromatic N) is 1. The molecule has 0 aromatic heterocycles. The number of aromatic hydroxyl groups is 1. The van der Waals surface area contributed by atoms with Crippen LogP contribution in [0.15, 0.2) is 18.2 Å². The lowest BCUT2D eigenvalue weighted by Crippen LogP contribution is -2.77. The summed E-state index contributed by atoms with van der Waals surface area (Å²) in [5.41, 5.74) is 2.92. The third kappa shape index (κ3) is 2.66. The minimum atomic E-state index is -2.83. The van der Waals surface area contributed by atoms with Crippen molar-refractivity contribution in [3.05, 3.63) is 29.3 Å². The Morgan fingerprint density at radius 3 is 2.41 bits per heavy atom. The van der Waals surface area contributed by atoms with Gasteiger partial charge in [0.05, 0.1) is 29.5 Å². The maximum absolute atomic E-state index is 13.7. The molecule has 1 aromatic carbocycles. The van der Waals surface area contributed by atoms with E-state index in [2.05, 4.69) is 0 Å². The molecule has 2 saturated carbocycles. The maximum Gasteiger partial charge on any atom is 0.235 e. The normalized spacial score (nSPS) is 36.5. The lowest BCUT2D eigenvalue weighted by atomic mass is 9.51. The van der Waals surface area contributed by atoms with E-state index < -0.39 is 70.5 Å². The van der Waals surface area contributed by atoms with Crippen LogP contribution in [0.2, 0.25) is 0 Å². The first kappa shape index (κ1) is 22.3. The second-order valence-electron chi connectivity index (χ2n) is 8.89. The highest BCUT2D eigenvalue weighted by Crippen LogP contribution is 2.51. The number of carbonyl (C=O) groups excluding carboxylic acids is 5. The first-order valence-electron chi connectivity index (χ1n) is 10.2. The second-order valence-corrected chi connectivity index (χ2v) is 8.89. The number of hydrogen-bond acceptors (Lipinski definition) is 9. The monoisotopic (exact) mass is 444 g/mol. The Bertz CT molecular complexity index is 1070. The zero-order valence-electron chi connectivity index (χ0n) is 17.8. The number of fused-ring (bicyclic) bond motifs is 3. The Morgan fingerprint density at radius 2 is 1.84 bits per heavy atom. The number of amides is 1. The van der Waals surface area contributed by atoms with Crippen molar-refractivity contribution in [3.63, 3.8) is 0 Å². The van der Waals surface area contributed by atoms with Crippen LogP contribution in [0.4, 0.5) is 0 Å². The summed E-state index contributed by atoms with van der Waals surface area (Å²) < 4.78 is 5.64. The number of primary amides is 1. The number of methoxy groups -OCH3 is 1. The summed E-state index contributed by atoms with van der Waals surface area (Å²) in [5, 5.41) is 21.8. The second kappa shape index (κ2) is 7.29. The molecule has 0 saturated heterocycles. The van der Waals surface area contributed by atoms with Crippen molar-refractivity contribution >= 4 is 29.0 Å². The molecule has 0 radical (unpaired) electrons. The largest absolute Gasteiger partial charge is 0.507 e. The molecule has 170 valence electrons. The number of ether oxygens (including phenoxy) is 1. The Balaban J connectivity index is 1.95. The molecule has 2 fully saturated rings. The third-order valence-electron chi connectivity index (χ3n) is 7.12. The number of Topliss-reactive ketones (excluding diaryl/α,β-unsaturated/α-hetero) is 4. The summed E-state index contributed by atoms with van der Waals surface area (Å²) in [6.45, 7) is 0. The highest BCUT2D eigenvalue weighted by Gasteiger charge is 2.72. The smallest absolute Gasteiger partial charge is 0.235 e. The van der Waals surface area contributed by atoms with Gasteiger partial charge in [-0.3, -0.25) is 28.9 Å². The number of hydrogen-bond donors (Lipinski definition) is 3. The van der Waals surface area contributed by atoms with Gasteiger partial charge < -0.3 is 20.7 Å². The standard InChI is InChI=1S/C22H24N2O8/c1-24(2)15-14-18(32-3)9-7-8-5-4-6-10(25)11(8)16(26)12(9)19(28)22(14,31)20(29)13(17(15)27)21(23)30/h4-6,9,12-15,18,25,31H,7H2,1-3H3,(H2,23,30)/t9-,12?,13?,14-,15+,18+,22+/m1/s1. The molecule has 3 aliphatic rings. The number of phenolic OH excluding ortho intramolecular Hbond substituents is 1. The zero-order chi connectivity index (χ0) is 23.7. The van der Waals surface area contributed by atoms with Crippen LogP contribution in [0.1, 0.15) is 15.9 Å². The van der Waals surface area contributed by atoms with Gasteiger partial charge in [0, 0.05) is 13.0 Å². The maximum atomic E-state index is 13.7. The number of phenols is 1. The highest BCUT2D eigenvalue weighted by molar-refractivity contribution is 6.32. The quantitative estimate of drug-likeness (QED) is 0.470. The van der Waals surface area contributed by atoms with Crippen LogP contribution >= 0.6 is 0 Å². The Kier molecular flexibility index (Phi) is 5.07. The summed E-state index contributed by atoms with van der Waals surface area (Å²) in [6, 6.07) is 3.29. The van der Waals surface area contributed by atoms with Gasteiger partial charge in [-0.25, -0.2) is 0 Å². The van der Waals surface area contributed by atoms with Crippen molar-refractivity contribution in [2.45, 2.75) is 24.2 Å². The Morgan fingerprint density at radius 1 is 1.19 bits per heavy atom. The molecular weight excluding hydrogens is 420 g/mol. The topological polar surface area (TPSA) is 164 Å². The molecule has 7 atom stereocenters. The zero-order valence-corrected chi connectivity index (χ0v) is 17.8. The van der Waals surface area contributed by atoms with Crippen LogP contribution in [0.5, 0.6) is 5.75 Å². The number of aliphatic hydroxyl groups is 1. The number of benzene rings is 1. The molecule has 2 unspecified atom stereocenters. The van der Waals surface area contributed by atoms with Gasteiger partial charge in [0.2, 0.25) is 5.91 Å². The molecule has 32 heavy (non-hydrogen) atoms. The van der Waals surface area contributed by atoms with Crippen molar-refractivity contribution in [3.8, 4) is 5.75 Å². The van der Waals surface area contributed by atoms with E-state index in [0.717, 1.165) is 0 Å². The predicted octanol–water partition coefficient (Wildman–Crippen LogP) is -1.51. The fourth-order valence-corrected chi connectivity index (χ4v) is 5.84. The molecule has 10 nitrogen and oxygen atoms in total.